The summed E-state index contributed by atoms with van der Waals surface area (Å²) in [6.07, 6.45) is -4.71. The maximum absolute atomic E-state index is 13.3. The van der Waals surface area contributed by atoms with Crippen LogP contribution in [0.5, 0.6) is 0 Å². The predicted octanol–water partition coefficient (Wildman–Crippen LogP) is 6.76. The lowest BCUT2D eigenvalue weighted by Gasteiger charge is -2.11. The lowest BCUT2D eigenvalue weighted by Crippen LogP contribution is -2.18. The Labute approximate surface area is 181 Å². The minimum Gasteiger partial charge on any atom is -0.438 e. The van der Waals surface area contributed by atoms with E-state index < -0.39 is 23.2 Å². The molecule has 1 N–H and O–H groups in total. The van der Waals surface area contributed by atoms with Gasteiger partial charge in [0.25, 0.3) is 5.91 Å². The topological polar surface area (TPSA) is 66.0 Å². The molecule has 0 aliphatic rings. The summed E-state index contributed by atoms with van der Waals surface area (Å²) < 4.78 is 45.9. The molecule has 0 radical (unpaired) electrons. The monoisotopic (exact) mass is 432 g/mol. The number of carbonyl (C=O) groups excluding carboxylic acids is 1. The first kappa shape index (κ1) is 20.9. The van der Waals surface area contributed by atoms with Crippen LogP contribution in [0, 0.1) is 11.3 Å². The number of hydrogen-bond donors (Lipinski definition) is 1. The van der Waals surface area contributed by atoms with Crippen molar-refractivity contribution in [3.8, 4) is 28.5 Å². The first-order valence-electron chi connectivity index (χ1n) is 9.55. The lowest BCUT2D eigenvalue weighted by atomic mass is 9.98. The average molecular weight is 432 g/mol. The molecule has 1 aromatic heterocycles. The third-order valence-electron chi connectivity index (χ3n) is 4.82. The molecule has 158 valence electrons. The molecule has 0 saturated carbocycles. The second-order valence-corrected chi connectivity index (χ2v) is 6.85. The van der Waals surface area contributed by atoms with Crippen molar-refractivity contribution < 1.29 is 22.4 Å². The summed E-state index contributed by atoms with van der Waals surface area (Å²) in [7, 11) is 0. The van der Waals surface area contributed by atoms with Crippen molar-refractivity contribution in [1.29, 1.82) is 5.26 Å². The van der Waals surface area contributed by atoms with Crippen LogP contribution in [0.2, 0.25) is 0 Å². The Hall–Kier alpha value is -4.31. The van der Waals surface area contributed by atoms with Crippen LogP contribution in [0.4, 0.5) is 19.1 Å². The Kier molecular flexibility index (Phi) is 5.52. The number of carbonyl (C=O) groups is 1. The summed E-state index contributed by atoms with van der Waals surface area (Å²) >= 11 is 0. The molecule has 0 aliphatic carbocycles. The van der Waals surface area contributed by atoms with Gasteiger partial charge in [-0.2, -0.15) is 18.4 Å². The Morgan fingerprint density at radius 3 is 2.00 bits per heavy atom. The SMILES string of the molecule is N#Cc1c(NC(=O)c2ccccc2C(F)(F)F)oc(-c2ccccc2)c1-c1ccccc1. The van der Waals surface area contributed by atoms with E-state index in [1.54, 1.807) is 48.5 Å². The molecule has 0 atom stereocenters. The van der Waals surface area contributed by atoms with Crippen LogP contribution >= 0.6 is 0 Å². The molecule has 0 saturated heterocycles. The normalized spacial score (nSPS) is 11.1. The number of benzene rings is 3. The maximum atomic E-state index is 13.3. The first-order valence-corrected chi connectivity index (χ1v) is 9.55. The number of amides is 1. The molecule has 4 nitrogen and oxygen atoms in total. The Balaban J connectivity index is 1.84. The molecule has 0 aliphatic heterocycles. The molecule has 4 aromatic rings. The zero-order chi connectivity index (χ0) is 22.7. The maximum Gasteiger partial charge on any atom is 0.417 e. The summed E-state index contributed by atoms with van der Waals surface area (Å²) in [5, 5.41) is 12.2. The van der Waals surface area contributed by atoms with Gasteiger partial charge in [-0.25, -0.2) is 0 Å². The van der Waals surface area contributed by atoms with Gasteiger partial charge in [-0.1, -0.05) is 72.8 Å². The zero-order valence-electron chi connectivity index (χ0n) is 16.5. The highest BCUT2D eigenvalue weighted by atomic mass is 19.4. The van der Waals surface area contributed by atoms with Crippen molar-refractivity contribution >= 4 is 11.8 Å². The van der Waals surface area contributed by atoms with Crippen molar-refractivity contribution in [1.82, 2.24) is 0 Å². The van der Waals surface area contributed by atoms with E-state index in [0.29, 0.717) is 22.5 Å². The van der Waals surface area contributed by atoms with E-state index in [-0.39, 0.29) is 11.4 Å². The van der Waals surface area contributed by atoms with Gasteiger partial charge in [-0.05, 0) is 17.7 Å². The lowest BCUT2D eigenvalue weighted by molar-refractivity contribution is -0.137. The average Bonchev–Trinajstić information content (AvgIpc) is 3.17. The number of anilines is 1. The second-order valence-electron chi connectivity index (χ2n) is 6.85. The number of nitrogens with one attached hydrogen (secondary N) is 1. The van der Waals surface area contributed by atoms with Crippen LogP contribution in [0.3, 0.4) is 0 Å². The molecule has 0 spiro atoms. The van der Waals surface area contributed by atoms with Gasteiger partial charge >= 0.3 is 6.18 Å². The van der Waals surface area contributed by atoms with Gasteiger partial charge in [0, 0.05) is 11.1 Å². The smallest absolute Gasteiger partial charge is 0.417 e. The van der Waals surface area contributed by atoms with Gasteiger partial charge in [-0.15, -0.1) is 0 Å². The number of furan rings is 1. The van der Waals surface area contributed by atoms with Crippen molar-refractivity contribution in [2.45, 2.75) is 6.18 Å². The molecule has 3 aromatic carbocycles. The van der Waals surface area contributed by atoms with E-state index in [1.165, 1.54) is 12.1 Å². The van der Waals surface area contributed by atoms with Crippen LogP contribution in [-0.4, -0.2) is 5.91 Å². The van der Waals surface area contributed by atoms with Crippen molar-refractivity contribution in [3.63, 3.8) is 0 Å². The summed E-state index contributed by atoms with van der Waals surface area (Å²) in [6, 6.07) is 24.4. The molecule has 7 heteroatoms. The number of halogens is 3. The van der Waals surface area contributed by atoms with E-state index in [9.17, 15) is 23.2 Å². The predicted molar refractivity (Wildman–Crippen MR) is 114 cm³/mol. The molecular formula is C25H15F3N2O2. The third kappa shape index (κ3) is 3.98. The summed E-state index contributed by atoms with van der Waals surface area (Å²) in [6.45, 7) is 0. The summed E-state index contributed by atoms with van der Waals surface area (Å²) in [5.41, 5.74) is 0.144. The van der Waals surface area contributed by atoms with Crippen LogP contribution in [0.15, 0.2) is 89.3 Å². The molecular weight excluding hydrogens is 417 g/mol. The first-order chi connectivity index (χ1) is 15.4. The van der Waals surface area contributed by atoms with Crippen LogP contribution in [-0.2, 0) is 6.18 Å². The van der Waals surface area contributed by atoms with Crippen LogP contribution < -0.4 is 5.32 Å². The zero-order valence-corrected chi connectivity index (χ0v) is 16.5. The molecule has 4 rings (SSSR count). The standard InChI is InChI=1S/C25H15F3N2O2/c26-25(27,28)20-14-8-7-13-18(20)23(31)30-24-19(15-29)21(16-9-3-1-4-10-16)22(32-24)17-11-5-2-6-12-17/h1-14H,(H,30,31). The molecule has 1 amide bonds. The van der Waals surface area contributed by atoms with E-state index >= 15 is 0 Å². The highest BCUT2D eigenvalue weighted by molar-refractivity contribution is 6.06. The fourth-order valence-corrected chi connectivity index (χ4v) is 3.40. The highest BCUT2D eigenvalue weighted by Crippen LogP contribution is 2.41. The number of nitrogens with zero attached hydrogens (tertiary/aromatic N) is 1. The largest absolute Gasteiger partial charge is 0.438 e. The quantitative estimate of drug-likeness (QED) is 0.388. The van der Waals surface area contributed by atoms with Gasteiger partial charge in [0.15, 0.2) is 0 Å². The van der Waals surface area contributed by atoms with Crippen molar-refractivity contribution in [2.24, 2.45) is 0 Å². The van der Waals surface area contributed by atoms with Gasteiger partial charge in [-0.3, -0.25) is 10.1 Å². The van der Waals surface area contributed by atoms with E-state index in [2.05, 4.69) is 5.32 Å². The number of hydrogen-bond acceptors (Lipinski definition) is 3. The van der Waals surface area contributed by atoms with Gasteiger partial charge in [0.2, 0.25) is 5.88 Å². The van der Waals surface area contributed by atoms with Crippen LogP contribution in [0.25, 0.3) is 22.5 Å². The van der Waals surface area contributed by atoms with Crippen molar-refractivity contribution in [2.75, 3.05) is 5.32 Å². The summed E-state index contributed by atoms with van der Waals surface area (Å²) in [4.78, 5) is 12.8. The Bertz CT molecular complexity index is 1300. The minimum atomic E-state index is -4.71. The molecule has 1 heterocycles. The van der Waals surface area contributed by atoms with E-state index in [0.717, 1.165) is 12.1 Å². The Morgan fingerprint density at radius 1 is 0.844 bits per heavy atom. The van der Waals surface area contributed by atoms with Gasteiger partial charge in [0.1, 0.15) is 17.4 Å². The van der Waals surface area contributed by atoms with Gasteiger partial charge < -0.3 is 4.42 Å². The fraction of sp³-hybridized carbons (Fsp3) is 0.0400. The minimum absolute atomic E-state index is 0.0212. The fourth-order valence-electron chi connectivity index (χ4n) is 3.40. The molecule has 0 bridgehead atoms. The summed E-state index contributed by atoms with van der Waals surface area (Å²) in [5.74, 6) is -0.915. The molecule has 0 unspecified atom stereocenters. The van der Waals surface area contributed by atoms with Crippen LogP contribution in [0.1, 0.15) is 21.5 Å². The number of alkyl halides is 3. The second kappa shape index (κ2) is 8.44. The number of nitriles is 1. The number of rotatable bonds is 4. The highest BCUT2D eigenvalue weighted by Gasteiger charge is 2.35. The third-order valence-corrected chi connectivity index (χ3v) is 4.82. The van der Waals surface area contributed by atoms with E-state index in [4.69, 9.17) is 4.42 Å². The van der Waals surface area contributed by atoms with E-state index in [1.807, 2.05) is 18.2 Å². The molecule has 0 fully saturated rings. The van der Waals surface area contributed by atoms with Crippen molar-refractivity contribution in [3.05, 3.63) is 102 Å². The van der Waals surface area contributed by atoms with Gasteiger partial charge in [0.05, 0.1) is 11.1 Å². The molecule has 32 heavy (non-hydrogen) atoms. The Morgan fingerprint density at radius 2 is 1.41 bits per heavy atom.